The number of piperazine rings is 1. The van der Waals surface area contributed by atoms with Gasteiger partial charge in [-0.1, -0.05) is 25.1 Å². The molecule has 0 amide bonds. The number of hydrogen-bond donors (Lipinski definition) is 2. The van der Waals surface area contributed by atoms with Gasteiger partial charge >= 0.3 is 0 Å². The summed E-state index contributed by atoms with van der Waals surface area (Å²) in [5, 5.41) is 17.0. The molecule has 4 aliphatic heterocycles. The molecule has 5 heterocycles. The Hall–Kier alpha value is -3.49. The molecule has 0 aliphatic carbocycles. The fraction of sp³-hybridized carbons (Fsp3) is 0.457. The first kappa shape index (κ1) is 27.1. The number of hydrogen-bond acceptors (Lipinski definition) is 6. The monoisotopic (exact) mass is 584 g/mol. The van der Waals surface area contributed by atoms with Crippen molar-refractivity contribution in [1.82, 2.24) is 15.2 Å². The van der Waals surface area contributed by atoms with Gasteiger partial charge in [0, 0.05) is 49.6 Å². The van der Waals surface area contributed by atoms with Gasteiger partial charge in [0.25, 0.3) is 0 Å². The highest BCUT2D eigenvalue weighted by Gasteiger charge is 2.49. The number of nitrogens with zero attached hydrogens (tertiary/aromatic N) is 3. The third kappa shape index (κ3) is 4.61. The Balaban J connectivity index is 1.24. The molecule has 2 bridgehead atoms. The lowest BCUT2D eigenvalue weighted by atomic mass is 9.92. The molecule has 2 unspecified atom stereocenters. The smallest absolute Gasteiger partial charge is 0.215 e. The van der Waals surface area contributed by atoms with Crippen LogP contribution in [0.5, 0.6) is 11.6 Å². The van der Waals surface area contributed by atoms with E-state index in [0.29, 0.717) is 49.5 Å². The maximum Gasteiger partial charge on any atom is 0.215 e. The molecule has 0 saturated carbocycles. The Morgan fingerprint density at radius 3 is 2.72 bits per heavy atom. The topological polar surface area (TPSA) is 60.9 Å². The largest absolute Gasteiger partial charge is 0.508 e. The Labute approximate surface area is 250 Å². The van der Waals surface area contributed by atoms with Crippen LogP contribution in [0.1, 0.15) is 44.6 Å². The number of aromatic nitrogens is 1. The standard InChI is InChI=1S/C35H38F2N4O2/c1-2-27-30(37)9-5-22-12-26(42)14-29(34(22)27)21-4-8-28-31(13-21)39-33(15-32(28)40-18-24-6-7-25(19-40)38-24)43-20-35-10-3-11-41(35)17-23(36)16-35/h4-5,8-9,12-15,23-25,38,42H,2-3,6-7,10-11,16-20H2,1H3/t23-,24?,25?,35+/m1/s1. The van der Waals surface area contributed by atoms with Crippen LogP contribution in [0.3, 0.4) is 0 Å². The van der Waals surface area contributed by atoms with Gasteiger partial charge in [-0.25, -0.2) is 13.8 Å². The van der Waals surface area contributed by atoms with E-state index in [9.17, 15) is 13.9 Å². The Morgan fingerprint density at radius 2 is 1.91 bits per heavy atom. The minimum atomic E-state index is -0.808. The first-order valence-corrected chi connectivity index (χ1v) is 15.8. The molecule has 8 rings (SSSR count). The first-order valence-electron chi connectivity index (χ1n) is 15.8. The number of ether oxygens (including phenoxy) is 1. The third-order valence-corrected chi connectivity index (χ3v) is 10.4. The van der Waals surface area contributed by atoms with Crippen LogP contribution in [0.25, 0.3) is 32.8 Å². The van der Waals surface area contributed by atoms with Crippen LogP contribution in [-0.4, -0.2) is 71.6 Å². The molecule has 4 saturated heterocycles. The van der Waals surface area contributed by atoms with E-state index >= 15 is 0 Å². The molecule has 6 nitrogen and oxygen atoms in total. The summed E-state index contributed by atoms with van der Waals surface area (Å²) in [6.07, 6.45) is 4.62. The molecule has 224 valence electrons. The molecule has 43 heavy (non-hydrogen) atoms. The molecule has 4 aliphatic rings. The van der Waals surface area contributed by atoms with Crippen molar-refractivity contribution >= 4 is 27.4 Å². The predicted molar refractivity (Wildman–Crippen MR) is 166 cm³/mol. The lowest BCUT2D eigenvalue weighted by molar-refractivity contribution is 0.111. The lowest BCUT2D eigenvalue weighted by Crippen LogP contribution is -2.51. The summed E-state index contributed by atoms with van der Waals surface area (Å²) in [4.78, 5) is 9.73. The maximum atomic E-state index is 14.9. The molecule has 1 aromatic heterocycles. The zero-order chi connectivity index (χ0) is 29.3. The van der Waals surface area contributed by atoms with Gasteiger partial charge < -0.3 is 20.1 Å². The summed E-state index contributed by atoms with van der Waals surface area (Å²) in [6.45, 7) is 5.64. The van der Waals surface area contributed by atoms with Gasteiger partial charge in [-0.05, 0) is 90.4 Å². The quantitative estimate of drug-likeness (QED) is 0.275. The van der Waals surface area contributed by atoms with Crippen LogP contribution >= 0.6 is 0 Å². The van der Waals surface area contributed by atoms with E-state index in [0.717, 1.165) is 71.0 Å². The Bertz CT molecular complexity index is 1720. The SMILES string of the molecule is CCc1c(F)ccc2cc(O)cc(-c3ccc4c(N5CC6CCC(C5)N6)cc(OC[C@@]56CCCN5C[C@H](F)C6)nc4c3)c12. The van der Waals surface area contributed by atoms with E-state index < -0.39 is 6.17 Å². The number of benzene rings is 3. The Morgan fingerprint density at radius 1 is 1.07 bits per heavy atom. The summed E-state index contributed by atoms with van der Waals surface area (Å²) in [7, 11) is 0. The highest BCUT2D eigenvalue weighted by atomic mass is 19.1. The average Bonchev–Trinajstić information content (AvgIpc) is 3.65. The second kappa shape index (κ2) is 10.3. The van der Waals surface area contributed by atoms with Crippen LogP contribution < -0.4 is 15.0 Å². The predicted octanol–water partition coefficient (Wildman–Crippen LogP) is 6.36. The number of phenols is 1. The number of phenolic OH excluding ortho intramolecular Hbond substituents is 1. The van der Waals surface area contributed by atoms with E-state index in [1.807, 2.05) is 13.0 Å². The molecule has 3 aromatic carbocycles. The highest BCUT2D eigenvalue weighted by Crippen LogP contribution is 2.42. The second-order valence-electron chi connectivity index (χ2n) is 13.1. The molecule has 2 N–H and O–H groups in total. The van der Waals surface area contributed by atoms with E-state index in [1.165, 1.54) is 18.9 Å². The van der Waals surface area contributed by atoms with Crippen molar-refractivity contribution in [2.24, 2.45) is 0 Å². The van der Waals surface area contributed by atoms with Gasteiger partial charge in [0.05, 0.1) is 16.7 Å². The summed E-state index contributed by atoms with van der Waals surface area (Å²) in [6, 6.07) is 15.8. The molecule has 0 radical (unpaired) electrons. The van der Waals surface area contributed by atoms with Crippen molar-refractivity contribution in [3.05, 3.63) is 59.9 Å². The first-order chi connectivity index (χ1) is 20.9. The third-order valence-electron chi connectivity index (χ3n) is 10.4. The number of anilines is 1. The van der Waals surface area contributed by atoms with Crippen LogP contribution in [0.15, 0.2) is 48.5 Å². The fourth-order valence-electron chi connectivity index (χ4n) is 8.41. The van der Waals surface area contributed by atoms with E-state index in [-0.39, 0.29) is 17.1 Å². The van der Waals surface area contributed by atoms with Gasteiger partial charge in [0.2, 0.25) is 5.88 Å². The number of fused-ring (bicyclic) bond motifs is 5. The summed E-state index contributed by atoms with van der Waals surface area (Å²) >= 11 is 0. The van der Waals surface area contributed by atoms with Gasteiger partial charge in [0.15, 0.2) is 0 Å². The van der Waals surface area contributed by atoms with Crippen molar-refractivity contribution in [2.75, 3.05) is 37.7 Å². The number of aryl methyl sites for hydroxylation is 1. The number of rotatable bonds is 6. The van der Waals surface area contributed by atoms with E-state index in [1.54, 1.807) is 18.2 Å². The summed E-state index contributed by atoms with van der Waals surface area (Å²) in [5.41, 5.74) is 3.91. The average molecular weight is 585 g/mol. The summed E-state index contributed by atoms with van der Waals surface area (Å²) in [5.74, 6) is 0.450. The van der Waals surface area contributed by atoms with Gasteiger partial charge in [-0.15, -0.1) is 0 Å². The molecule has 4 aromatic rings. The number of nitrogens with one attached hydrogen (secondary N) is 1. The van der Waals surface area contributed by atoms with E-state index in [4.69, 9.17) is 9.72 Å². The summed E-state index contributed by atoms with van der Waals surface area (Å²) < 4.78 is 35.9. The van der Waals surface area contributed by atoms with Crippen molar-refractivity contribution < 1.29 is 18.6 Å². The molecule has 4 atom stereocenters. The maximum absolute atomic E-state index is 14.9. The van der Waals surface area contributed by atoms with E-state index in [2.05, 4.69) is 33.3 Å². The van der Waals surface area contributed by atoms with Gasteiger partial charge in [-0.3, -0.25) is 4.90 Å². The molecule has 0 spiro atoms. The fourth-order valence-corrected chi connectivity index (χ4v) is 8.41. The molecular formula is C35H38F2N4O2. The number of pyridine rings is 1. The van der Waals surface area contributed by atoms with Crippen molar-refractivity contribution in [3.8, 4) is 22.8 Å². The number of alkyl halides is 1. The van der Waals surface area contributed by atoms with Crippen LogP contribution in [-0.2, 0) is 6.42 Å². The van der Waals surface area contributed by atoms with Gasteiger partial charge in [0.1, 0.15) is 24.3 Å². The second-order valence-corrected chi connectivity index (χ2v) is 13.1. The minimum Gasteiger partial charge on any atom is -0.508 e. The Kier molecular flexibility index (Phi) is 6.49. The van der Waals surface area contributed by atoms with Gasteiger partial charge in [-0.2, -0.15) is 0 Å². The molecule has 8 heteroatoms. The van der Waals surface area contributed by atoms with Crippen molar-refractivity contribution in [3.63, 3.8) is 0 Å². The van der Waals surface area contributed by atoms with Crippen LogP contribution in [0, 0.1) is 5.82 Å². The van der Waals surface area contributed by atoms with Crippen LogP contribution in [0.4, 0.5) is 14.5 Å². The number of halogens is 2. The zero-order valence-corrected chi connectivity index (χ0v) is 24.6. The molecular weight excluding hydrogens is 546 g/mol. The normalized spacial score (nSPS) is 27.0. The van der Waals surface area contributed by atoms with Crippen molar-refractivity contribution in [1.29, 1.82) is 0 Å². The number of aromatic hydroxyl groups is 1. The van der Waals surface area contributed by atoms with Crippen LogP contribution in [0.2, 0.25) is 0 Å². The zero-order valence-electron chi connectivity index (χ0n) is 24.6. The molecule has 4 fully saturated rings. The van der Waals surface area contributed by atoms with Crippen molar-refractivity contribution in [2.45, 2.75) is 69.2 Å². The minimum absolute atomic E-state index is 0.140. The lowest BCUT2D eigenvalue weighted by Gasteiger charge is -2.35. The highest BCUT2D eigenvalue weighted by molar-refractivity contribution is 6.03.